The summed E-state index contributed by atoms with van der Waals surface area (Å²) in [6.45, 7) is 2.17. The van der Waals surface area contributed by atoms with Gasteiger partial charge in [0.25, 0.3) is 0 Å². The average Bonchev–Trinajstić information content (AvgIpc) is 3.05. The van der Waals surface area contributed by atoms with E-state index in [9.17, 15) is 8.42 Å². The van der Waals surface area contributed by atoms with E-state index in [1.807, 2.05) is 0 Å². The number of ether oxygens (including phenoxy) is 1. The second kappa shape index (κ2) is 6.06. The van der Waals surface area contributed by atoms with E-state index >= 15 is 0 Å². The third kappa shape index (κ3) is 3.01. The molecule has 0 spiro atoms. The number of aryl methyl sites for hydroxylation is 1. The molecule has 11 heteroatoms. The van der Waals surface area contributed by atoms with E-state index in [1.165, 1.54) is 10.4 Å². The molecule has 1 fully saturated rings. The summed E-state index contributed by atoms with van der Waals surface area (Å²) in [7, 11) is -3.75. The molecule has 2 aromatic rings. The Morgan fingerprint density at radius 2 is 2.18 bits per heavy atom. The van der Waals surface area contributed by atoms with Gasteiger partial charge in [-0.2, -0.15) is 4.31 Å². The van der Waals surface area contributed by atoms with Crippen LogP contribution in [-0.4, -0.2) is 42.6 Å². The minimum absolute atomic E-state index is 0.00604. The predicted molar refractivity (Wildman–Crippen MR) is 80.8 cm³/mol. The van der Waals surface area contributed by atoms with E-state index in [-0.39, 0.29) is 34.8 Å². The van der Waals surface area contributed by atoms with Crippen LogP contribution >= 0.6 is 34.5 Å². The second-order valence-corrected chi connectivity index (χ2v) is 8.76. The fraction of sp³-hybridized carbons (Fsp3) is 0.455. The molecule has 22 heavy (non-hydrogen) atoms. The first-order valence-corrected chi connectivity index (χ1v) is 9.26. The Morgan fingerprint density at radius 3 is 2.77 bits per heavy atom. The Balaban J connectivity index is 1.86. The van der Waals surface area contributed by atoms with Crippen LogP contribution in [0.4, 0.5) is 0 Å². The van der Waals surface area contributed by atoms with Gasteiger partial charge in [0.15, 0.2) is 0 Å². The molecule has 1 saturated heterocycles. The highest BCUT2D eigenvalue weighted by Gasteiger charge is 2.35. The summed E-state index contributed by atoms with van der Waals surface area (Å²) in [4.78, 5) is 0.00604. The van der Waals surface area contributed by atoms with E-state index in [1.54, 1.807) is 6.92 Å². The quantitative estimate of drug-likeness (QED) is 0.809. The summed E-state index contributed by atoms with van der Waals surface area (Å²) in [5.41, 5.74) is 0. The van der Waals surface area contributed by atoms with E-state index in [0.717, 1.165) is 11.3 Å². The Hall–Kier alpha value is -0.710. The third-order valence-corrected chi connectivity index (χ3v) is 6.71. The van der Waals surface area contributed by atoms with E-state index in [0.29, 0.717) is 10.2 Å². The van der Waals surface area contributed by atoms with Crippen molar-refractivity contribution in [2.45, 2.75) is 17.9 Å². The molecule has 0 aliphatic carbocycles. The smallest absolute Gasteiger partial charge is 0.246 e. The Labute approximate surface area is 140 Å². The fourth-order valence-electron chi connectivity index (χ4n) is 2.08. The molecule has 0 unspecified atom stereocenters. The van der Waals surface area contributed by atoms with Crippen LogP contribution in [0.1, 0.15) is 17.9 Å². The van der Waals surface area contributed by atoms with Crippen LogP contribution in [0.15, 0.2) is 15.4 Å². The minimum atomic E-state index is -3.75. The topological polar surface area (TPSA) is 85.5 Å². The molecule has 0 bridgehead atoms. The Kier molecular flexibility index (Phi) is 4.45. The Bertz CT molecular complexity index is 789. The van der Waals surface area contributed by atoms with Gasteiger partial charge in [0, 0.05) is 20.0 Å². The molecular formula is C11H11Cl2N3O4S2. The number of aromatic nitrogens is 2. The first kappa shape index (κ1) is 16.2. The van der Waals surface area contributed by atoms with Crippen molar-refractivity contribution in [3.05, 3.63) is 26.5 Å². The molecule has 0 saturated carbocycles. The lowest BCUT2D eigenvalue weighted by Gasteiger charge is -2.30. The van der Waals surface area contributed by atoms with Gasteiger partial charge < -0.3 is 9.15 Å². The number of hydrogen-bond acceptors (Lipinski definition) is 7. The molecule has 7 nitrogen and oxygen atoms in total. The molecule has 3 rings (SSSR count). The summed E-state index contributed by atoms with van der Waals surface area (Å²) in [6, 6.07) is 1.35. The van der Waals surface area contributed by atoms with Gasteiger partial charge in [-0.05, 0) is 6.07 Å². The molecule has 3 heterocycles. The van der Waals surface area contributed by atoms with Gasteiger partial charge >= 0.3 is 0 Å². The number of halogens is 2. The van der Waals surface area contributed by atoms with Crippen LogP contribution in [-0.2, 0) is 14.8 Å². The van der Waals surface area contributed by atoms with Gasteiger partial charge in [0.2, 0.25) is 21.8 Å². The largest absolute Gasteiger partial charge is 0.423 e. The van der Waals surface area contributed by atoms with Crippen molar-refractivity contribution in [3.8, 4) is 0 Å². The van der Waals surface area contributed by atoms with Crippen molar-refractivity contribution in [3.63, 3.8) is 0 Å². The van der Waals surface area contributed by atoms with Crippen LogP contribution < -0.4 is 0 Å². The number of thiophene rings is 1. The number of hydrogen-bond donors (Lipinski definition) is 0. The first-order chi connectivity index (χ1) is 10.4. The van der Waals surface area contributed by atoms with E-state index < -0.39 is 16.1 Å². The molecule has 0 amide bonds. The molecule has 1 aliphatic heterocycles. The van der Waals surface area contributed by atoms with Crippen molar-refractivity contribution in [1.82, 2.24) is 14.5 Å². The molecular weight excluding hydrogens is 373 g/mol. The third-order valence-electron chi connectivity index (χ3n) is 3.09. The zero-order chi connectivity index (χ0) is 15.9. The lowest BCUT2D eigenvalue weighted by Crippen LogP contribution is -2.42. The van der Waals surface area contributed by atoms with Gasteiger partial charge in [0.05, 0.1) is 10.9 Å². The molecule has 0 radical (unpaired) electrons. The zero-order valence-electron chi connectivity index (χ0n) is 11.3. The highest BCUT2D eigenvalue weighted by Crippen LogP contribution is 2.37. The predicted octanol–water partition coefficient (Wildman–Crippen LogP) is 2.51. The van der Waals surface area contributed by atoms with Crippen molar-refractivity contribution in [2.75, 3.05) is 19.7 Å². The van der Waals surface area contributed by atoms with E-state index in [4.69, 9.17) is 32.4 Å². The highest BCUT2D eigenvalue weighted by atomic mass is 35.5. The summed E-state index contributed by atoms with van der Waals surface area (Å²) < 4.78 is 37.9. The maximum absolute atomic E-state index is 12.7. The maximum atomic E-state index is 12.7. The summed E-state index contributed by atoms with van der Waals surface area (Å²) in [6.07, 6.45) is -0.599. The second-order valence-electron chi connectivity index (χ2n) is 4.57. The standard InChI is InChI=1S/C11H11Cl2N3O4S2/c1-6-14-15-11(20-6)7-5-16(2-3-19-7)22(17,18)8-4-9(12)21-10(8)13/h4,7H,2-3,5H2,1H3/t7-/m0/s1. The minimum Gasteiger partial charge on any atom is -0.423 e. The van der Waals surface area contributed by atoms with Gasteiger partial charge in [-0.3, -0.25) is 0 Å². The number of rotatable bonds is 3. The lowest BCUT2D eigenvalue weighted by atomic mass is 10.3. The van der Waals surface area contributed by atoms with Crippen molar-refractivity contribution in [2.24, 2.45) is 0 Å². The summed E-state index contributed by atoms with van der Waals surface area (Å²) in [5.74, 6) is 0.651. The lowest BCUT2D eigenvalue weighted by molar-refractivity contribution is -0.0176. The van der Waals surface area contributed by atoms with Crippen LogP contribution in [0.2, 0.25) is 8.67 Å². The maximum Gasteiger partial charge on any atom is 0.246 e. The number of sulfonamides is 1. The molecule has 0 N–H and O–H groups in total. The average molecular weight is 384 g/mol. The van der Waals surface area contributed by atoms with Gasteiger partial charge in [-0.1, -0.05) is 23.2 Å². The normalized spacial score (nSPS) is 20.4. The summed E-state index contributed by atoms with van der Waals surface area (Å²) >= 11 is 12.8. The van der Waals surface area contributed by atoms with E-state index in [2.05, 4.69) is 10.2 Å². The molecule has 0 aromatic carbocycles. The Morgan fingerprint density at radius 1 is 1.41 bits per heavy atom. The van der Waals surface area contributed by atoms with Crippen LogP contribution in [0, 0.1) is 6.92 Å². The fourth-order valence-corrected chi connectivity index (χ4v) is 5.61. The van der Waals surface area contributed by atoms with Crippen molar-refractivity contribution in [1.29, 1.82) is 0 Å². The SMILES string of the molecule is Cc1nnc([C@@H]2CN(S(=O)(=O)c3cc(Cl)sc3Cl)CCO2)o1. The van der Waals surface area contributed by atoms with Gasteiger partial charge in [0.1, 0.15) is 15.3 Å². The molecule has 1 atom stereocenters. The summed E-state index contributed by atoms with van der Waals surface area (Å²) in [5, 5.41) is 7.60. The molecule has 120 valence electrons. The number of morpholine rings is 1. The van der Waals surface area contributed by atoms with Gasteiger partial charge in [-0.25, -0.2) is 8.42 Å². The highest BCUT2D eigenvalue weighted by molar-refractivity contribution is 7.89. The first-order valence-electron chi connectivity index (χ1n) is 6.24. The van der Waals surface area contributed by atoms with Crippen LogP contribution in [0.25, 0.3) is 0 Å². The molecule has 1 aliphatic rings. The zero-order valence-corrected chi connectivity index (χ0v) is 14.5. The van der Waals surface area contributed by atoms with Crippen molar-refractivity contribution >= 4 is 44.6 Å². The molecule has 2 aromatic heterocycles. The number of nitrogens with zero attached hydrogens (tertiary/aromatic N) is 3. The van der Waals surface area contributed by atoms with Gasteiger partial charge in [-0.15, -0.1) is 21.5 Å². The van der Waals surface area contributed by atoms with Crippen LogP contribution in [0.5, 0.6) is 0 Å². The van der Waals surface area contributed by atoms with Crippen LogP contribution in [0.3, 0.4) is 0 Å². The van der Waals surface area contributed by atoms with Crippen molar-refractivity contribution < 1.29 is 17.6 Å². The monoisotopic (exact) mass is 383 g/mol.